The first-order valence-corrected chi connectivity index (χ1v) is 17.3. The van der Waals surface area contributed by atoms with E-state index in [1.165, 1.54) is 23.1 Å². The van der Waals surface area contributed by atoms with Crippen molar-refractivity contribution < 1.29 is 18.0 Å². The van der Waals surface area contributed by atoms with Crippen molar-refractivity contribution in [2.75, 3.05) is 10.8 Å². The number of rotatable bonds is 13. The summed E-state index contributed by atoms with van der Waals surface area (Å²) in [5.41, 5.74) is 3.24. The van der Waals surface area contributed by atoms with E-state index in [1.807, 2.05) is 51.1 Å². The molecule has 0 bridgehead atoms. The quantitative estimate of drug-likeness (QED) is 0.160. The first-order chi connectivity index (χ1) is 21.9. The molecule has 1 N–H and O–H groups in total. The molecule has 0 unspecified atom stereocenters. The number of carbonyl (C=O) groups excluding carboxylic acids is 2. The van der Waals surface area contributed by atoms with Crippen LogP contribution in [0.5, 0.6) is 0 Å². The highest BCUT2D eigenvalue weighted by Crippen LogP contribution is 2.30. The highest BCUT2D eigenvalue weighted by molar-refractivity contribution is 7.92. The molecule has 0 radical (unpaired) electrons. The highest BCUT2D eigenvalue weighted by Gasteiger charge is 2.35. The van der Waals surface area contributed by atoms with E-state index in [2.05, 4.69) is 5.32 Å². The summed E-state index contributed by atoms with van der Waals surface area (Å²) in [5.74, 6) is -0.916. The van der Waals surface area contributed by atoms with Crippen molar-refractivity contribution in [3.05, 3.63) is 129 Å². The minimum Gasteiger partial charge on any atom is -0.352 e. The van der Waals surface area contributed by atoms with Crippen LogP contribution >= 0.6 is 23.2 Å². The van der Waals surface area contributed by atoms with Crippen molar-refractivity contribution in [3.8, 4) is 0 Å². The lowest BCUT2D eigenvalue weighted by Crippen LogP contribution is -2.54. The lowest BCUT2D eigenvalue weighted by Gasteiger charge is -2.34. The smallest absolute Gasteiger partial charge is 0.264 e. The third-order valence-electron chi connectivity index (χ3n) is 7.90. The zero-order valence-corrected chi connectivity index (χ0v) is 28.7. The van der Waals surface area contributed by atoms with Crippen LogP contribution in [0.3, 0.4) is 0 Å². The third kappa shape index (κ3) is 8.69. The molecule has 2 atom stereocenters. The van der Waals surface area contributed by atoms with Gasteiger partial charge in [0.25, 0.3) is 10.0 Å². The Balaban J connectivity index is 1.85. The summed E-state index contributed by atoms with van der Waals surface area (Å²) in [4.78, 5) is 30.0. The van der Waals surface area contributed by atoms with Crippen LogP contribution in [0, 0.1) is 13.8 Å². The number of halogens is 2. The second kappa shape index (κ2) is 15.6. The van der Waals surface area contributed by atoms with Gasteiger partial charge in [-0.25, -0.2) is 8.42 Å². The van der Waals surface area contributed by atoms with Crippen LogP contribution in [0.25, 0.3) is 0 Å². The van der Waals surface area contributed by atoms with Crippen molar-refractivity contribution in [2.24, 2.45) is 0 Å². The molecule has 0 aromatic heterocycles. The molecule has 0 aliphatic rings. The van der Waals surface area contributed by atoms with E-state index in [0.717, 1.165) is 15.4 Å². The van der Waals surface area contributed by atoms with Gasteiger partial charge in [0.2, 0.25) is 11.8 Å². The van der Waals surface area contributed by atoms with Crippen LogP contribution in [0.2, 0.25) is 10.0 Å². The molecule has 0 aliphatic heterocycles. The number of hydrogen-bond donors (Lipinski definition) is 1. The predicted octanol–water partition coefficient (Wildman–Crippen LogP) is 7.36. The van der Waals surface area contributed by atoms with Crippen LogP contribution in [0.15, 0.2) is 102 Å². The Bertz CT molecular complexity index is 1770. The summed E-state index contributed by atoms with van der Waals surface area (Å²) in [7, 11) is -4.25. The lowest BCUT2D eigenvalue weighted by molar-refractivity contribution is -0.140. The number of carbonyl (C=O) groups is 2. The topological polar surface area (TPSA) is 86.8 Å². The van der Waals surface area contributed by atoms with Gasteiger partial charge in [0.05, 0.1) is 10.6 Å². The summed E-state index contributed by atoms with van der Waals surface area (Å²) in [6, 6.07) is 26.7. The van der Waals surface area contributed by atoms with Gasteiger partial charge in [-0.3, -0.25) is 13.9 Å². The molecule has 242 valence electrons. The van der Waals surface area contributed by atoms with Crippen LogP contribution in [-0.2, 0) is 32.6 Å². The number of benzene rings is 4. The van der Waals surface area contributed by atoms with Gasteiger partial charge in [0, 0.05) is 29.1 Å². The molecule has 0 saturated heterocycles. The molecule has 0 saturated carbocycles. The van der Waals surface area contributed by atoms with Gasteiger partial charge in [-0.15, -0.1) is 0 Å². The summed E-state index contributed by atoms with van der Waals surface area (Å²) in [6.45, 7) is 6.89. The highest BCUT2D eigenvalue weighted by atomic mass is 35.5. The van der Waals surface area contributed by atoms with Gasteiger partial charge in [-0.2, -0.15) is 0 Å². The fourth-order valence-corrected chi connectivity index (χ4v) is 6.84. The van der Waals surface area contributed by atoms with E-state index in [9.17, 15) is 18.0 Å². The van der Waals surface area contributed by atoms with E-state index in [4.69, 9.17) is 23.2 Å². The van der Waals surface area contributed by atoms with Gasteiger partial charge in [-0.05, 0) is 74.2 Å². The zero-order valence-electron chi connectivity index (χ0n) is 26.4. The maximum atomic E-state index is 14.6. The zero-order chi connectivity index (χ0) is 33.4. The normalized spacial score (nSPS) is 12.7. The number of hydrogen-bond acceptors (Lipinski definition) is 4. The first kappa shape index (κ1) is 35.0. The maximum Gasteiger partial charge on any atom is 0.264 e. The van der Waals surface area contributed by atoms with Crippen molar-refractivity contribution in [1.29, 1.82) is 0 Å². The molecular weight excluding hydrogens is 641 g/mol. The maximum absolute atomic E-state index is 14.6. The Kier molecular flexibility index (Phi) is 11.9. The Morgan fingerprint density at radius 1 is 0.870 bits per heavy atom. The minimum absolute atomic E-state index is 0.0170. The second-order valence-electron chi connectivity index (χ2n) is 11.4. The number of sulfonamides is 1. The number of anilines is 1. The van der Waals surface area contributed by atoms with Gasteiger partial charge >= 0.3 is 0 Å². The van der Waals surface area contributed by atoms with Gasteiger partial charge in [0.15, 0.2) is 0 Å². The molecule has 4 aromatic rings. The summed E-state index contributed by atoms with van der Waals surface area (Å²) in [6.07, 6.45) is 0.902. The summed E-state index contributed by atoms with van der Waals surface area (Å²) >= 11 is 12.9. The Hall–Kier alpha value is -3.85. The van der Waals surface area contributed by atoms with E-state index in [1.54, 1.807) is 55.5 Å². The molecular formula is C36H39Cl2N3O4S. The van der Waals surface area contributed by atoms with Crippen molar-refractivity contribution in [2.45, 2.75) is 64.1 Å². The molecule has 4 rings (SSSR count). The van der Waals surface area contributed by atoms with Crippen molar-refractivity contribution >= 4 is 50.7 Å². The summed E-state index contributed by atoms with van der Waals surface area (Å²) < 4.78 is 29.6. The predicted molar refractivity (Wildman–Crippen MR) is 186 cm³/mol. The lowest BCUT2D eigenvalue weighted by atomic mass is 10.0. The molecule has 10 heteroatoms. The monoisotopic (exact) mass is 679 g/mol. The molecule has 2 amide bonds. The van der Waals surface area contributed by atoms with E-state index in [0.29, 0.717) is 27.6 Å². The van der Waals surface area contributed by atoms with Crippen LogP contribution in [-0.4, -0.2) is 43.8 Å². The molecule has 46 heavy (non-hydrogen) atoms. The van der Waals surface area contributed by atoms with Gasteiger partial charge in [0.1, 0.15) is 12.6 Å². The Morgan fingerprint density at radius 3 is 2.17 bits per heavy atom. The average Bonchev–Trinajstić information content (AvgIpc) is 3.04. The van der Waals surface area contributed by atoms with E-state index < -0.39 is 28.5 Å². The van der Waals surface area contributed by atoms with Crippen LogP contribution in [0.1, 0.15) is 42.5 Å². The van der Waals surface area contributed by atoms with Gasteiger partial charge < -0.3 is 10.2 Å². The number of nitrogens with one attached hydrogen (secondary N) is 1. The van der Waals surface area contributed by atoms with Gasteiger partial charge in [-0.1, -0.05) is 102 Å². The van der Waals surface area contributed by atoms with Crippen molar-refractivity contribution in [1.82, 2.24) is 10.2 Å². The molecule has 4 aromatic carbocycles. The fraction of sp³-hybridized carbons (Fsp3) is 0.278. The van der Waals surface area contributed by atoms with E-state index >= 15 is 0 Å². The largest absolute Gasteiger partial charge is 0.352 e. The van der Waals surface area contributed by atoms with Crippen LogP contribution in [0.4, 0.5) is 5.69 Å². The molecule has 0 heterocycles. The Morgan fingerprint density at radius 2 is 1.52 bits per heavy atom. The third-order valence-corrected chi connectivity index (χ3v) is 10.3. The molecule has 0 aliphatic carbocycles. The molecule has 0 spiro atoms. The van der Waals surface area contributed by atoms with Crippen LogP contribution < -0.4 is 9.62 Å². The molecule has 0 fully saturated rings. The fourth-order valence-electron chi connectivity index (χ4n) is 5.01. The first-order valence-electron chi connectivity index (χ1n) is 15.1. The summed E-state index contributed by atoms with van der Waals surface area (Å²) in [5, 5.41) is 3.78. The standard InChI is InChI=1S/C36H39Cl2N3O4S/c1-5-27(4)39-36(43)34(21-28-11-7-6-8-12-28)40(23-29-13-9-10-14-32(29)38)35(42)24-41(33-22-30(37)18-17-26(33)3)46(44,45)31-19-15-25(2)16-20-31/h6-20,22,27,34H,5,21,23-24H2,1-4H3,(H,39,43)/t27-,34+/m0/s1. The Labute approximate surface area is 282 Å². The number of amides is 2. The van der Waals surface area contributed by atoms with E-state index in [-0.39, 0.29) is 35.5 Å². The second-order valence-corrected chi connectivity index (χ2v) is 14.1. The molecule has 7 nitrogen and oxygen atoms in total. The average molecular weight is 681 g/mol. The number of nitrogens with zero attached hydrogens (tertiary/aromatic N) is 2. The number of aryl methyl sites for hydroxylation is 2. The van der Waals surface area contributed by atoms with Crippen molar-refractivity contribution in [3.63, 3.8) is 0 Å². The minimum atomic E-state index is -4.25. The SMILES string of the molecule is CC[C@H](C)NC(=O)[C@@H](Cc1ccccc1)N(Cc1ccccc1Cl)C(=O)CN(c1cc(Cl)ccc1C)S(=O)(=O)c1ccc(C)cc1.